The second-order valence-corrected chi connectivity index (χ2v) is 6.80. The fourth-order valence-corrected chi connectivity index (χ4v) is 3.72. The van der Waals surface area contributed by atoms with Crippen LogP contribution in [0.15, 0.2) is 29.1 Å². The minimum atomic E-state index is -0.398. The number of halogens is 2. The highest BCUT2D eigenvalue weighted by Gasteiger charge is 2.17. The molecule has 0 saturated heterocycles. The molecule has 2 aromatic heterocycles. The Morgan fingerprint density at radius 3 is 2.96 bits per heavy atom. The lowest BCUT2D eigenvalue weighted by molar-refractivity contribution is 0.600. The van der Waals surface area contributed by atoms with E-state index in [-0.39, 0.29) is 11.4 Å². The summed E-state index contributed by atoms with van der Waals surface area (Å²) < 4.78 is 15.3. The van der Waals surface area contributed by atoms with Gasteiger partial charge in [-0.25, -0.2) is 9.37 Å². The topological polar surface area (TPSA) is 59.3 Å². The van der Waals surface area contributed by atoms with Crippen LogP contribution in [-0.2, 0) is 6.42 Å². The standard InChI is InChI=1S/C16H16ClFN4OS/c1-3-5-10-8-13(23)22-16(20-10)24-15(21-22)19-9(2)14-11(17)6-4-7-12(14)18/h4,6-9H,3,5H2,1-2H3,(H,19,21). The zero-order valence-corrected chi connectivity index (χ0v) is 14.8. The van der Waals surface area contributed by atoms with Crippen molar-refractivity contribution in [3.8, 4) is 0 Å². The van der Waals surface area contributed by atoms with Crippen molar-refractivity contribution < 1.29 is 4.39 Å². The number of benzene rings is 1. The van der Waals surface area contributed by atoms with Gasteiger partial charge in [-0.05, 0) is 25.5 Å². The molecule has 0 saturated carbocycles. The molecule has 0 spiro atoms. The second kappa shape index (κ2) is 6.86. The molecule has 1 unspecified atom stereocenters. The molecule has 0 fully saturated rings. The molecule has 5 nitrogen and oxygen atoms in total. The summed E-state index contributed by atoms with van der Waals surface area (Å²) in [7, 11) is 0. The van der Waals surface area contributed by atoms with Gasteiger partial charge in [0.05, 0.1) is 6.04 Å². The molecule has 24 heavy (non-hydrogen) atoms. The summed E-state index contributed by atoms with van der Waals surface area (Å²) in [6, 6.07) is 5.66. The van der Waals surface area contributed by atoms with Gasteiger partial charge in [-0.3, -0.25) is 4.79 Å². The summed E-state index contributed by atoms with van der Waals surface area (Å²) in [5, 5.41) is 8.14. The first-order valence-corrected chi connectivity index (χ1v) is 8.79. The quantitative estimate of drug-likeness (QED) is 0.739. The molecule has 8 heteroatoms. The summed E-state index contributed by atoms with van der Waals surface area (Å²) in [6.07, 6.45) is 1.66. The van der Waals surface area contributed by atoms with Crippen LogP contribution in [-0.4, -0.2) is 14.6 Å². The van der Waals surface area contributed by atoms with Crippen molar-refractivity contribution in [3.05, 3.63) is 56.7 Å². The van der Waals surface area contributed by atoms with E-state index in [1.165, 1.54) is 28.0 Å². The van der Waals surface area contributed by atoms with E-state index in [1.54, 1.807) is 19.1 Å². The normalized spacial score (nSPS) is 12.5. The van der Waals surface area contributed by atoms with Crippen LogP contribution < -0.4 is 10.9 Å². The van der Waals surface area contributed by atoms with Gasteiger partial charge in [-0.15, -0.1) is 5.10 Å². The van der Waals surface area contributed by atoms with Crippen LogP contribution >= 0.6 is 22.9 Å². The number of fused-ring (bicyclic) bond motifs is 1. The van der Waals surface area contributed by atoms with E-state index in [1.807, 2.05) is 6.92 Å². The smallest absolute Gasteiger partial charge is 0.275 e. The molecule has 2 heterocycles. The second-order valence-electron chi connectivity index (χ2n) is 5.44. The van der Waals surface area contributed by atoms with Gasteiger partial charge in [0.15, 0.2) is 0 Å². The molecule has 0 amide bonds. The highest BCUT2D eigenvalue weighted by atomic mass is 35.5. The fourth-order valence-electron chi connectivity index (χ4n) is 2.48. The fraction of sp³-hybridized carbons (Fsp3) is 0.312. The van der Waals surface area contributed by atoms with Crippen molar-refractivity contribution in [1.29, 1.82) is 0 Å². The number of nitrogens with one attached hydrogen (secondary N) is 1. The molecule has 0 aliphatic heterocycles. The largest absolute Gasteiger partial charge is 0.353 e. The van der Waals surface area contributed by atoms with E-state index in [0.29, 0.717) is 20.7 Å². The predicted octanol–water partition coefficient (Wildman–Crippen LogP) is 4.07. The van der Waals surface area contributed by atoms with Gasteiger partial charge in [-0.2, -0.15) is 4.52 Å². The van der Waals surface area contributed by atoms with Gasteiger partial charge in [-0.1, -0.05) is 42.3 Å². The average molecular weight is 367 g/mol. The van der Waals surface area contributed by atoms with Gasteiger partial charge in [0, 0.05) is 22.3 Å². The third kappa shape index (κ3) is 3.27. The highest BCUT2D eigenvalue weighted by molar-refractivity contribution is 7.20. The number of hydrogen-bond donors (Lipinski definition) is 1. The first-order chi connectivity index (χ1) is 11.5. The Labute approximate surface area is 147 Å². The molecule has 3 rings (SSSR count). The van der Waals surface area contributed by atoms with E-state index in [0.717, 1.165) is 18.5 Å². The summed E-state index contributed by atoms with van der Waals surface area (Å²) in [6.45, 7) is 3.82. The maximum Gasteiger partial charge on any atom is 0.275 e. The lowest BCUT2D eigenvalue weighted by Gasteiger charge is -2.15. The first kappa shape index (κ1) is 16.9. The van der Waals surface area contributed by atoms with Crippen LogP contribution in [0.4, 0.5) is 9.52 Å². The van der Waals surface area contributed by atoms with E-state index in [9.17, 15) is 9.18 Å². The van der Waals surface area contributed by atoms with Crippen molar-refractivity contribution >= 4 is 33.0 Å². The third-order valence-electron chi connectivity index (χ3n) is 3.58. The Morgan fingerprint density at radius 2 is 2.25 bits per heavy atom. The highest BCUT2D eigenvalue weighted by Crippen LogP contribution is 2.29. The van der Waals surface area contributed by atoms with Crippen molar-refractivity contribution in [1.82, 2.24) is 14.6 Å². The molecule has 126 valence electrons. The van der Waals surface area contributed by atoms with Crippen LogP contribution in [0.25, 0.3) is 4.96 Å². The summed E-state index contributed by atoms with van der Waals surface area (Å²) in [5.74, 6) is -0.385. The van der Waals surface area contributed by atoms with E-state index in [2.05, 4.69) is 15.4 Å². The van der Waals surface area contributed by atoms with Gasteiger partial charge >= 0.3 is 0 Å². The zero-order valence-electron chi connectivity index (χ0n) is 13.2. The lowest BCUT2D eigenvalue weighted by Crippen LogP contribution is -2.16. The minimum Gasteiger partial charge on any atom is -0.353 e. The van der Waals surface area contributed by atoms with Crippen LogP contribution in [0.1, 0.15) is 37.6 Å². The molecule has 0 aliphatic rings. The van der Waals surface area contributed by atoms with Crippen LogP contribution in [0.2, 0.25) is 5.02 Å². The van der Waals surface area contributed by atoms with E-state index in [4.69, 9.17) is 11.6 Å². The molecule has 1 atom stereocenters. The number of aromatic nitrogens is 3. The summed E-state index contributed by atoms with van der Waals surface area (Å²) >= 11 is 7.34. The molecular formula is C16H16ClFN4OS. The molecule has 0 bridgehead atoms. The van der Waals surface area contributed by atoms with Crippen molar-refractivity contribution in [3.63, 3.8) is 0 Å². The Kier molecular flexibility index (Phi) is 4.82. The molecule has 1 aromatic carbocycles. The number of aryl methyl sites for hydroxylation is 1. The van der Waals surface area contributed by atoms with Crippen molar-refractivity contribution in [2.24, 2.45) is 0 Å². The number of nitrogens with zero attached hydrogens (tertiary/aromatic N) is 3. The summed E-state index contributed by atoms with van der Waals surface area (Å²) in [4.78, 5) is 17.1. The van der Waals surface area contributed by atoms with Gasteiger partial charge < -0.3 is 5.32 Å². The molecule has 3 aromatic rings. The molecule has 1 N–H and O–H groups in total. The summed E-state index contributed by atoms with van der Waals surface area (Å²) in [5.41, 5.74) is 0.901. The lowest BCUT2D eigenvalue weighted by atomic mass is 10.1. The van der Waals surface area contributed by atoms with Crippen LogP contribution in [0, 0.1) is 5.82 Å². The zero-order chi connectivity index (χ0) is 17.3. The Balaban J connectivity index is 1.93. The van der Waals surface area contributed by atoms with Crippen molar-refractivity contribution in [2.75, 3.05) is 5.32 Å². The average Bonchev–Trinajstić information content (AvgIpc) is 2.90. The number of anilines is 1. The maximum atomic E-state index is 14.0. The first-order valence-electron chi connectivity index (χ1n) is 7.60. The molecule has 0 radical (unpaired) electrons. The number of rotatable bonds is 5. The van der Waals surface area contributed by atoms with Gasteiger partial charge in [0.25, 0.3) is 5.56 Å². The Hall–Kier alpha value is -1.99. The van der Waals surface area contributed by atoms with Crippen molar-refractivity contribution in [2.45, 2.75) is 32.7 Å². The Morgan fingerprint density at radius 1 is 1.46 bits per heavy atom. The van der Waals surface area contributed by atoms with Crippen LogP contribution in [0.5, 0.6) is 0 Å². The van der Waals surface area contributed by atoms with E-state index >= 15 is 0 Å². The predicted molar refractivity (Wildman–Crippen MR) is 94.6 cm³/mol. The molecule has 0 aliphatic carbocycles. The van der Waals surface area contributed by atoms with Crippen LogP contribution in [0.3, 0.4) is 0 Å². The number of hydrogen-bond acceptors (Lipinski definition) is 5. The molecular weight excluding hydrogens is 351 g/mol. The maximum absolute atomic E-state index is 14.0. The minimum absolute atomic E-state index is 0.218. The van der Waals surface area contributed by atoms with Gasteiger partial charge in [0.2, 0.25) is 10.1 Å². The monoisotopic (exact) mass is 366 g/mol. The Bertz CT molecular complexity index is 919. The third-order valence-corrected chi connectivity index (χ3v) is 4.75. The van der Waals surface area contributed by atoms with Gasteiger partial charge in [0.1, 0.15) is 5.82 Å². The SMILES string of the molecule is CCCc1cc(=O)n2nc(NC(C)c3c(F)cccc3Cl)sc2n1. The van der Waals surface area contributed by atoms with E-state index < -0.39 is 6.04 Å².